The Hall–Kier alpha value is -1.39. The fourth-order valence-electron chi connectivity index (χ4n) is 3.89. The molecule has 0 radical (unpaired) electrons. The van der Waals surface area contributed by atoms with Gasteiger partial charge in [0.1, 0.15) is 0 Å². The molecule has 0 spiro atoms. The van der Waals surface area contributed by atoms with Crippen molar-refractivity contribution in [1.29, 1.82) is 0 Å². The van der Waals surface area contributed by atoms with Gasteiger partial charge in [0, 0.05) is 23.9 Å². The predicted octanol–water partition coefficient (Wildman–Crippen LogP) is 2.83. The van der Waals surface area contributed by atoms with Crippen molar-refractivity contribution in [3.63, 3.8) is 0 Å². The summed E-state index contributed by atoms with van der Waals surface area (Å²) in [6.45, 7) is 2.28. The molecule has 4 nitrogen and oxygen atoms in total. The smallest absolute Gasteiger partial charge is 0.246 e. The number of amides is 1. The van der Waals surface area contributed by atoms with Crippen LogP contribution in [0.15, 0.2) is 30.3 Å². The van der Waals surface area contributed by atoms with Gasteiger partial charge in [-0.1, -0.05) is 30.3 Å². The second-order valence-electron chi connectivity index (χ2n) is 6.90. The van der Waals surface area contributed by atoms with Crippen LogP contribution in [-0.4, -0.2) is 23.2 Å². The number of nitrogens with one attached hydrogen (secondary N) is 2. The number of hydrogen-bond donors (Lipinski definition) is 3. The normalized spacial score (nSPS) is 32.3. The van der Waals surface area contributed by atoms with Crippen molar-refractivity contribution in [3.05, 3.63) is 35.9 Å². The maximum Gasteiger partial charge on any atom is 0.246 e. The van der Waals surface area contributed by atoms with Crippen LogP contribution in [0.3, 0.4) is 0 Å². The molecule has 22 heavy (non-hydrogen) atoms. The molecule has 2 unspecified atom stereocenters. The van der Waals surface area contributed by atoms with Gasteiger partial charge in [-0.05, 0) is 50.5 Å². The highest BCUT2D eigenvalue weighted by atomic mass is 16.5. The van der Waals surface area contributed by atoms with Crippen molar-refractivity contribution in [2.24, 2.45) is 11.8 Å². The van der Waals surface area contributed by atoms with Crippen LogP contribution in [0.2, 0.25) is 0 Å². The molecule has 3 rings (SSSR count). The van der Waals surface area contributed by atoms with Gasteiger partial charge in [-0.3, -0.25) is 10.0 Å². The van der Waals surface area contributed by atoms with Gasteiger partial charge in [-0.15, -0.1) is 0 Å². The summed E-state index contributed by atoms with van der Waals surface area (Å²) >= 11 is 0. The van der Waals surface area contributed by atoms with Gasteiger partial charge in [-0.2, -0.15) is 0 Å². The number of benzene rings is 1. The summed E-state index contributed by atoms with van der Waals surface area (Å²) < 4.78 is 0. The maximum absolute atomic E-state index is 11.5. The minimum absolute atomic E-state index is 0.00792. The van der Waals surface area contributed by atoms with Crippen LogP contribution in [0, 0.1) is 11.8 Å². The highest BCUT2D eigenvalue weighted by Gasteiger charge is 2.40. The summed E-state index contributed by atoms with van der Waals surface area (Å²) in [5.74, 6) is 1.08. The third kappa shape index (κ3) is 3.50. The molecule has 0 aromatic heterocycles. The Labute approximate surface area is 132 Å². The fraction of sp³-hybridized carbons (Fsp3) is 0.611. The van der Waals surface area contributed by atoms with E-state index in [0.29, 0.717) is 23.9 Å². The molecule has 2 fully saturated rings. The highest BCUT2D eigenvalue weighted by Crippen LogP contribution is 2.42. The van der Waals surface area contributed by atoms with Crippen molar-refractivity contribution < 1.29 is 10.0 Å². The van der Waals surface area contributed by atoms with Crippen molar-refractivity contribution in [1.82, 2.24) is 10.8 Å². The van der Waals surface area contributed by atoms with E-state index in [1.165, 1.54) is 12.0 Å². The molecule has 3 atom stereocenters. The molecular formula is C18H26N2O2. The zero-order chi connectivity index (χ0) is 15.5. The zero-order valence-electron chi connectivity index (χ0n) is 13.2. The van der Waals surface area contributed by atoms with Crippen LogP contribution in [0.4, 0.5) is 0 Å². The quantitative estimate of drug-likeness (QED) is 0.579. The van der Waals surface area contributed by atoms with E-state index in [4.69, 9.17) is 5.21 Å². The van der Waals surface area contributed by atoms with Crippen LogP contribution in [0.5, 0.6) is 0 Å². The lowest BCUT2D eigenvalue weighted by Crippen LogP contribution is -2.39. The van der Waals surface area contributed by atoms with Crippen molar-refractivity contribution in [3.8, 4) is 0 Å². The summed E-state index contributed by atoms with van der Waals surface area (Å²) in [5, 5.41) is 12.5. The van der Waals surface area contributed by atoms with E-state index in [-0.39, 0.29) is 11.8 Å². The van der Waals surface area contributed by atoms with Gasteiger partial charge in [0.25, 0.3) is 0 Å². The first kappa shape index (κ1) is 15.5. The number of rotatable bonds is 5. The van der Waals surface area contributed by atoms with E-state index in [0.717, 1.165) is 25.7 Å². The Balaban J connectivity index is 1.44. The summed E-state index contributed by atoms with van der Waals surface area (Å²) in [7, 11) is 0. The van der Waals surface area contributed by atoms with Gasteiger partial charge in [0.05, 0.1) is 0 Å². The molecule has 1 amide bonds. The molecule has 1 aromatic carbocycles. The molecule has 1 aromatic rings. The molecule has 0 heterocycles. The first-order chi connectivity index (χ1) is 10.7. The average Bonchev–Trinajstić information content (AvgIpc) is 3.34. The second kappa shape index (κ2) is 6.80. The Bertz CT molecular complexity index is 497. The maximum atomic E-state index is 11.5. The number of carbonyl (C=O) groups excluding carboxylic acids is 1. The SMILES string of the molecule is C[C@H](NC1CC1c1ccccc1)C1CCC(C(=O)NO)CC1. The Kier molecular flexibility index (Phi) is 4.79. The standard InChI is InChI=1S/C18H26N2O2/c1-12(13-7-9-15(10-8-13)18(21)20-22)19-17-11-16(17)14-5-3-2-4-6-14/h2-6,12-13,15-17,19,22H,7-11H2,1H3,(H,20,21)/t12-,13?,15?,16?,17?/m0/s1. The Morgan fingerprint density at radius 2 is 1.86 bits per heavy atom. The van der Waals surface area contributed by atoms with Crippen LogP contribution in [-0.2, 0) is 4.79 Å². The molecular weight excluding hydrogens is 276 g/mol. The van der Waals surface area contributed by atoms with Gasteiger partial charge in [-0.25, -0.2) is 5.48 Å². The lowest BCUT2D eigenvalue weighted by Gasteiger charge is -2.32. The lowest BCUT2D eigenvalue weighted by atomic mass is 9.78. The van der Waals surface area contributed by atoms with Crippen molar-refractivity contribution in [2.45, 2.75) is 57.0 Å². The van der Waals surface area contributed by atoms with Crippen LogP contribution in [0.1, 0.15) is 50.5 Å². The van der Waals surface area contributed by atoms with Crippen LogP contribution >= 0.6 is 0 Å². The van der Waals surface area contributed by atoms with Gasteiger partial charge in [0.2, 0.25) is 5.91 Å². The molecule has 2 aliphatic carbocycles. The number of hydrogen-bond acceptors (Lipinski definition) is 3. The average molecular weight is 302 g/mol. The fourth-order valence-corrected chi connectivity index (χ4v) is 3.89. The molecule has 0 saturated heterocycles. The highest BCUT2D eigenvalue weighted by molar-refractivity contribution is 5.77. The lowest BCUT2D eigenvalue weighted by molar-refractivity contribution is -0.134. The summed E-state index contributed by atoms with van der Waals surface area (Å²) in [6, 6.07) is 11.8. The van der Waals surface area contributed by atoms with Crippen LogP contribution < -0.4 is 10.8 Å². The van der Waals surface area contributed by atoms with E-state index in [1.54, 1.807) is 5.48 Å². The molecule has 4 heteroatoms. The van der Waals surface area contributed by atoms with E-state index in [1.807, 2.05) is 0 Å². The Morgan fingerprint density at radius 3 is 2.50 bits per heavy atom. The largest absolute Gasteiger partial charge is 0.311 e. The zero-order valence-corrected chi connectivity index (χ0v) is 13.2. The van der Waals surface area contributed by atoms with Gasteiger partial charge < -0.3 is 5.32 Å². The monoisotopic (exact) mass is 302 g/mol. The minimum atomic E-state index is -0.217. The first-order valence-electron chi connectivity index (χ1n) is 8.44. The summed E-state index contributed by atoms with van der Waals surface area (Å²) in [5.41, 5.74) is 3.23. The third-order valence-electron chi connectivity index (χ3n) is 5.46. The van der Waals surface area contributed by atoms with E-state index in [9.17, 15) is 4.79 Å². The van der Waals surface area contributed by atoms with Gasteiger partial charge >= 0.3 is 0 Å². The second-order valence-corrected chi connectivity index (χ2v) is 6.90. The predicted molar refractivity (Wildman–Crippen MR) is 85.6 cm³/mol. The summed E-state index contributed by atoms with van der Waals surface area (Å²) in [4.78, 5) is 11.5. The molecule has 0 aliphatic heterocycles. The number of hydroxylamine groups is 1. The van der Waals surface area contributed by atoms with E-state index in [2.05, 4.69) is 42.6 Å². The molecule has 0 bridgehead atoms. The third-order valence-corrected chi connectivity index (χ3v) is 5.46. The van der Waals surface area contributed by atoms with E-state index < -0.39 is 0 Å². The van der Waals surface area contributed by atoms with Crippen LogP contribution in [0.25, 0.3) is 0 Å². The molecule has 120 valence electrons. The minimum Gasteiger partial charge on any atom is -0.311 e. The topological polar surface area (TPSA) is 61.4 Å². The van der Waals surface area contributed by atoms with E-state index >= 15 is 0 Å². The van der Waals surface area contributed by atoms with Gasteiger partial charge in [0.15, 0.2) is 0 Å². The van der Waals surface area contributed by atoms with Crippen molar-refractivity contribution in [2.75, 3.05) is 0 Å². The summed E-state index contributed by atoms with van der Waals surface area (Å²) in [6.07, 6.45) is 5.13. The van der Waals surface area contributed by atoms with Crippen molar-refractivity contribution >= 4 is 5.91 Å². The molecule has 2 saturated carbocycles. The number of carbonyl (C=O) groups is 1. The Morgan fingerprint density at radius 1 is 1.18 bits per heavy atom. The first-order valence-corrected chi connectivity index (χ1v) is 8.44. The molecule has 3 N–H and O–H groups in total. The molecule has 2 aliphatic rings.